The largest absolute Gasteiger partial charge is 0.497 e. The first kappa shape index (κ1) is 17.2. The van der Waals surface area contributed by atoms with E-state index < -0.39 is 0 Å². The number of methoxy groups -OCH3 is 2. The number of aryl methyl sites for hydroxylation is 1. The molecule has 1 aromatic heterocycles. The van der Waals surface area contributed by atoms with Crippen molar-refractivity contribution >= 4 is 10.9 Å². The third-order valence-corrected chi connectivity index (χ3v) is 3.96. The average molecular weight is 319 g/mol. The molecule has 2 aromatic rings. The van der Waals surface area contributed by atoms with E-state index in [1.165, 1.54) is 20.0 Å². The first-order valence-electron chi connectivity index (χ1n) is 8.01. The fourth-order valence-corrected chi connectivity index (χ4v) is 2.62. The molecule has 0 fully saturated rings. The molecule has 1 heterocycles. The van der Waals surface area contributed by atoms with Gasteiger partial charge in [0.05, 0.1) is 26.3 Å². The number of ether oxygens (including phenoxy) is 3. The molecule has 5 nitrogen and oxygen atoms in total. The van der Waals surface area contributed by atoms with Crippen molar-refractivity contribution in [2.75, 3.05) is 20.8 Å². The highest BCUT2D eigenvalue weighted by Crippen LogP contribution is 2.34. The zero-order valence-electron chi connectivity index (χ0n) is 14.3. The lowest BCUT2D eigenvalue weighted by molar-refractivity contribution is 0.286. The van der Waals surface area contributed by atoms with Crippen molar-refractivity contribution in [3.8, 4) is 17.2 Å². The Morgan fingerprint density at radius 3 is 2.48 bits per heavy atom. The Balaban J connectivity index is 2.43. The highest BCUT2D eigenvalue weighted by atomic mass is 16.5. The zero-order valence-corrected chi connectivity index (χ0v) is 14.3. The first-order chi connectivity index (χ1) is 11.1. The summed E-state index contributed by atoms with van der Waals surface area (Å²) in [5, 5.41) is 0.847. The second-order valence-corrected chi connectivity index (χ2v) is 5.52. The molecule has 0 N–H and O–H groups in total. The van der Waals surface area contributed by atoms with Gasteiger partial charge in [-0.05, 0) is 18.6 Å². The van der Waals surface area contributed by atoms with E-state index in [1.807, 2.05) is 18.2 Å². The smallest absolute Gasteiger partial charge is 0.297 e. The molecule has 126 valence electrons. The van der Waals surface area contributed by atoms with E-state index in [1.54, 1.807) is 18.7 Å². The fourth-order valence-electron chi connectivity index (χ4n) is 2.62. The first-order valence-corrected chi connectivity index (χ1v) is 8.01. The van der Waals surface area contributed by atoms with Gasteiger partial charge in [0.1, 0.15) is 5.75 Å². The summed E-state index contributed by atoms with van der Waals surface area (Å²) in [6.07, 6.45) is 4.45. The van der Waals surface area contributed by atoms with Gasteiger partial charge in [0.15, 0.2) is 5.75 Å². The molecule has 0 atom stereocenters. The molecule has 0 saturated heterocycles. The Morgan fingerprint density at radius 1 is 1.04 bits per heavy atom. The van der Waals surface area contributed by atoms with Crippen LogP contribution in [-0.2, 0) is 7.05 Å². The van der Waals surface area contributed by atoms with Gasteiger partial charge in [-0.25, -0.2) is 0 Å². The molecule has 0 aliphatic heterocycles. The third-order valence-electron chi connectivity index (χ3n) is 3.96. The van der Waals surface area contributed by atoms with Gasteiger partial charge in [0.25, 0.3) is 5.56 Å². The van der Waals surface area contributed by atoms with Crippen LogP contribution in [0.25, 0.3) is 10.9 Å². The predicted octanol–water partition coefficient (Wildman–Crippen LogP) is 3.51. The molecule has 23 heavy (non-hydrogen) atoms. The molecular weight excluding hydrogens is 294 g/mol. The summed E-state index contributed by atoms with van der Waals surface area (Å²) in [4.78, 5) is 12.5. The minimum Gasteiger partial charge on any atom is -0.497 e. The molecule has 0 unspecified atom stereocenters. The number of pyridine rings is 1. The van der Waals surface area contributed by atoms with Crippen LogP contribution in [0.15, 0.2) is 23.0 Å². The van der Waals surface area contributed by atoms with Crippen LogP contribution in [0.5, 0.6) is 17.2 Å². The van der Waals surface area contributed by atoms with Crippen molar-refractivity contribution in [2.24, 2.45) is 7.05 Å². The van der Waals surface area contributed by atoms with Gasteiger partial charge in [-0.2, -0.15) is 0 Å². The third kappa shape index (κ3) is 3.60. The highest BCUT2D eigenvalue weighted by molar-refractivity contribution is 5.89. The van der Waals surface area contributed by atoms with E-state index >= 15 is 0 Å². The van der Waals surface area contributed by atoms with Gasteiger partial charge in [-0.15, -0.1) is 0 Å². The molecule has 0 aliphatic rings. The maximum absolute atomic E-state index is 12.5. The van der Waals surface area contributed by atoms with E-state index in [0.717, 1.165) is 23.7 Å². The van der Waals surface area contributed by atoms with E-state index in [0.29, 0.717) is 18.1 Å². The standard InChI is InChI=1S/C18H25NO4/c1-5-6-7-8-11-23-16-14-10-9-13(21-3)12-15(14)19(2)18(20)17(16)22-4/h9-10,12H,5-8,11H2,1-4H3. The summed E-state index contributed by atoms with van der Waals surface area (Å²) in [6.45, 7) is 2.75. The number of rotatable bonds is 8. The van der Waals surface area contributed by atoms with Crippen LogP contribution in [0.2, 0.25) is 0 Å². The van der Waals surface area contributed by atoms with Crippen molar-refractivity contribution in [1.29, 1.82) is 0 Å². The predicted molar refractivity (Wildman–Crippen MR) is 91.9 cm³/mol. The molecule has 0 bridgehead atoms. The van der Waals surface area contributed by atoms with Crippen LogP contribution < -0.4 is 19.8 Å². The van der Waals surface area contributed by atoms with E-state index in [-0.39, 0.29) is 11.3 Å². The van der Waals surface area contributed by atoms with Crippen molar-refractivity contribution in [2.45, 2.75) is 32.6 Å². The molecule has 2 rings (SSSR count). The van der Waals surface area contributed by atoms with Gasteiger partial charge < -0.3 is 18.8 Å². The number of fused-ring (bicyclic) bond motifs is 1. The number of nitrogens with zero attached hydrogens (tertiary/aromatic N) is 1. The fraction of sp³-hybridized carbons (Fsp3) is 0.500. The van der Waals surface area contributed by atoms with E-state index in [2.05, 4.69) is 6.92 Å². The Hall–Kier alpha value is -2.17. The van der Waals surface area contributed by atoms with Gasteiger partial charge >= 0.3 is 0 Å². The van der Waals surface area contributed by atoms with Gasteiger partial charge in [-0.1, -0.05) is 26.2 Å². The van der Waals surface area contributed by atoms with Gasteiger partial charge in [0, 0.05) is 18.5 Å². The lowest BCUT2D eigenvalue weighted by Crippen LogP contribution is -2.20. The zero-order chi connectivity index (χ0) is 16.8. The Bertz CT molecular complexity index is 721. The Labute approximate surface area is 136 Å². The van der Waals surface area contributed by atoms with Crippen molar-refractivity contribution in [1.82, 2.24) is 4.57 Å². The Kier molecular flexibility index (Phi) is 5.90. The minimum absolute atomic E-state index is 0.211. The molecule has 5 heteroatoms. The molecule has 1 aromatic carbocycles. The average Bonchev–Trinajstić information content (AvgIpc) is 2.58. The topological polar surface area (TPSA) is 49.7 Å². The number of aromatic nitrogens is 1. The monoisotopic (exact) mass is 319 g/mol. The molecular formula is C18H25NO4. The quantitative estimate of drug-likeness (QED) is 0.699. The summed E-state index contributed by atoms with van der Waals surface area (Å²) >= 11 is 0. The molecule has 0 radical (unpaired) electrons. The number of benzene rings is 1. The van der Waals surface area contributed by atoms with Crippen molar-refractivity contribution in [3.05, 3.63) is 28.6 Å². The summed E-state index contributed by atoms with van der Waals surface area (Å²) < 4.78 is 18.0. The summed E-state index contributed by atoms with van der Waals surface area (Å²) in [6, 6.07) is 5.59. The molecule has 0 spiro atoms. The van der Waals surface area contributed by atoms with Crippen LogP contribution in [0.4, 0.5) is 0 Å². The summed E-state index contributed by atoms with van der Waals surface area (Å²) in [5.74, 6) is 1.47. The van der Waals surface area contributed by atoms with E-state index in [9.17, 15) is 4.79 Å². The van der Waals surface area contributed by atoms with Crippen molar-refractivity contribution in [3.63, 3.8) is 0 Å². The highest BCUT2D eigenvalue weighted by Gasteiger charge is 2.17. The van der Waals surface area contributed by atoms with Crippen LogP contribution in [-0.4, -0.2) is 25.4 Å². The summed E-state index contributed by atoms with van der Waals surface area (Å²) in [7, 11) is 4.82. The number of hydrogen-bond acceptors (Lipinski definition) is 4. The second kappa shape index (κ2) is 7.90. The minimum atomic E-state index is -0.211. The van der Waals surface area contributed by atoms with Gasteiger partial charge in [0.2, 0.25) is 5.75 Å². The number of unbranched alkanes of at least 4 members (excludes halogenated alkanes) is 3. The van der Waals surface area contributed by atoms with E-state index in [4.69, 9.17) is 14.2 Å². The summed E-state index contributed by atoms with van der Waals surface area (Å²) in [5.41, 5.74) is 0.551. The lowest BCUT2D eigenvalue weighted by Gasteiger charge is -2.16. The Morgan fingerprint density at radius 2 is 1.83 bits per heavy atom. The molecule has 0 amide bonds. The number of hydrogen-bond donors (Lipinski definition) is 0. The molecule has 0 aliphatic carbocycles. The van der Waals surface area contributed by atoms with Crippen LogP contribution >= 0.6 is 0 Å². The van der Waals surface area contributed by atoms with Gasteiger partial charge in [-0.3, -0.25) is 4.79 Å². The van der Waals surface area contributed by atoms with Crippen molar-refractivity contribution < 1.29 is 14.2 Å². The van der Waals surface area contributed by atoms with Crippen LogP contribution in [0, 0.1) is 0 Å². The lowest BCUT2D eigenvalue weighted by atomic mass is 10.1. The SMILES string of the molecule is CCCCCCOc1c(OC)c(=O)n(C)c2cc(OC)ccc12. The van der Waals surface area contributed by atoms with Crippen LogP contribution in [0.1, 0.15) is 32.6 Å². The second-order valence-electron chi connectivity index (χ2n) is 5.52. The maximum atomic E-state index is 12.5. The van der Waals surface area contributed by atoms with Crippen LogP contribution in [0.3, 0.4) is 0 Å². The maximum Gasteiger partial charge on any atom is 0.297 e. The molecule has 0 saturated carbocycles. The normalized spacial score (nSPS) is 10.8.